The van der Waals surface area contributed by atoms with Gasteiger partial charge >= 0.3 is 5.71 Å². The Hall–Kier alpha value is -0.940. The summed E-state index contributed by atoms with van der Waals surface area (Å²) in [5.41, 5.74) is 8.20. The lowest BCUT2D eigenvalue weighted by molar-refractivity contribution is -0.00523. The van der Waals surface area contributed by atoms with E-state index < -0.39 is 15.4 Å². The van der Waals surface area contributed by atoms with Gasteiger partial charge in [-0.25, -0.2) is 0 Å². The Bertz CT molecular complexity index is 431. The summed E-state index contributed by atoms with van der Waals surface area (Å²) in [6.45, 7) is 0. The molecule has 0 aromatic rings. The van der Waals surface area contributed by atoms with Gasteiger partial charge in [0.15, 0.2) is 0 Å². The molecule has 0 aromatic heterocycles. The van der Waals surface area contributed by atoms with Gasteiger partial charge in [0.2, 0.25) is 5.25 Å². The van der Waals surface area contributed by atoms with Crippen molar-refractivity contribution in [2.75, 3.05) is 0 Å². The van der Waals surface area contributed by atoms with Crippen molar-refractivity contribution in [1.82, 2.24) is 0 Å². The largest absolute Gasteiger partial charge is 0.361 e. The summed E-state index contributed by atoms with van der Waals surface area (Å²) in [6.07, 6.45) is 3.58. The van der Waals surface area contributed by atoms with Crippen LogP contribution in [0.3, 0.4) is 0 Å². The van der Waals surface area contributed by atoms with Gasteiger partial charge in [-0.05, 0) is 6.08 Å². The Morgan fingerprint density at radius 3 is 2.69 bits per heavy atom. The first kappa shape index (κ1) is 10.1. The minimum atomic E-state index is -4.29. The molecule has 0 saturated carbocycles. The highest BCUT2D eigenvalue weighted by molar-refractivity contribution is 7.87. The molecule has 1 N–H and O–H groups in total. The molecule has 13 heavy (non-hydrogen) atoms. The van der Waals surface area contributed by atoms with Gasteiger partial charge in [-0.15, -0.1) is 0 Å². The third-order valence-corrected chi connectivity index (χ3v) is 2.72. The van der Waals surface area contributed by atoms with E-state index in [4.69, 9.17) is 21.7 Å². The van der Waals surface area contributed by atoms with Gasteiger partial charge in [0.25, 0.3) is 10.1 Å². The number of hydrogen-bond acceptors (Lipinski definition) is 2. The molecule has 0 bridgehead atoms. The molecular weight excluding hydrogens is 216 g/mol. The molecule has 0 aliphatic heterocycles. The van der Waals surface area contributed by atoms with E-state index >= 15 is 0 Å². The number of rotatable bonds is 1. The molecule has 5 nitrogen and oxygen atoms in total. The van der Waals surface area contributed by atoms with Gasteiger partial charge in [0.05, 0.1) is 0 Å². The molecule has 70 valence electrons. The van der Waals surface area contributed by atoms with Crippen molar-refractivity contribution in [3.63, 3.8) is 0 Å². The maximum Gasteiger partial charge on any atom is 0.317 e. The van der Waals surface area contributed by atoms with E-state index in [-0.39, 0.29) is 10.7 Å². The van der Waals surface area contributed by atoms with Crippen LogP contribution < -0.4 is 0 Å². The monoisotopic (exact) mass is 220 g/mol. The third kappa shape index (κ3) is 2.26. The normalized spacial score (nSPS) is 22.5. The quantitative estimate of drug-likeness (QED) is 0.399. The van der Waals surface area contributed by atoms with Crippen LogP contribution in [0.5, 0.6) is 0 Å². The molecule has 1 unspecified atom stereocenters. The number of nitrogens with zero attached hydrogens (tertiary/aromatic N) is 2. The van der Waals surface area contributed by atoms with Crippen molar-refractivity contribution in [2.24, 2.45) is 0 Å². The average Bonchev–Trinajstić information content (AvgIpc) is 2.01. The Kier molecular flexibility index (Phi) is 2.68. The molecule has 0 heterocycles. The average molecular weight is 221 g/mol. The topological polar surface area (TPSA) is 90.8 Å². The van der Waals surface area contributed by atoms with E-state index in [2.05, 4.69) is 4.79 Å². The fourth-order valence-electron chi connectivity index (χ4n) is 0.887. The summed E-state index contributed by atoms with van der Waals surface area (Å²) in [5, 5.41) is -1.12. The van der Waals surface area contributed by atoms with Crippen molar-refractivity contribution in [3.05, 3.63) is 28.8 Å². The van der Waals surface area contributed by atoms with Crippen LogP contribution in [0, 0.1) is 0 Å². The molecule has 0 amide bonds. The number of allylic oxidation sites excluding steroid dienone is 3. The lowest BCUT2D eigenvalue weighted by Crippen LogP contribution is -2.29. The smallest absolute Gasteiger partial charge is 0.317 e. The highest BCUT2D eigenvalue weighted by atomic mass is 35.5. The van der Waals surface area contributed by atoms with E-state index in [1.54, 1.807) is 0 Å². The Morgan fingerprint density at radius 1 is 1.62 bits per heavy atom. The van der Waals surface area contributed by atoms with Crippen molar-refractivity contribution < 1.29 is 17.8 Å². The van der Waals surface area contributed by atoms with Crippen LogP contribution in [-0.2, 0) is 10.1 Å². The SMILES string of the molecule is [N-]=[N+]=C1C=C(Cl)C=CC1S(=O)(=O)O. The predicted octanol–water partition coefficient (Wildman–Crippen LogP) is 0.606. The van der Waals surface area contributed by atoms with Crippen LogP contribution in [-0.4, -0.2) is 28.7 Å². The zero-order valence-corrected chi connectivity index (χ0v) is 7.83. The molecule has 1 aliphatic carbocycles. The standard InChI is InChI=1S/C6H5ClN2O3S/c7-4-1-2-6(13(10,11)12)5(3-4)9-8/h1-3,6H,(H,10,11,12). The van der Waals surface area contributed by atoms with Gasteiger partial charge in [-0.2, -0.15) is 13.2 Å². The summed E-state index contributed by atoms with van der Waals surface area (Å²) >= 11 is 5.51. The van der Waals surface area contributed by atoms with Crippen molar-refractivity contribution in [3.8, 4) is 0 Å². The Labute approximate surface area is 79.7 Å². The predicted molar refractivity (Wildman–Crippen MR) is 47.0 cm³/mol. The summed E-state index contributed by atoms with van der Waals surface area (Å²) in [4.78, 5) is 2.71. The van der Waals surface area contributed by atoms with E-state index in [0.717, 1.165) is 12.2 Å². The van der Waals surface area contributed by atoms with Crippen molar-refractivity contribution >= 4 is 27.4 Å². The fourth-order valence-corrected chi connectivity index (χ4v) is 1.77. The first-order chi connectivity index (χ1) is 5.95. The second-order valence-corrected chi connectivity index (χ2v) is 4.32. The number of hydrogen-bond donors (Lipinski definition) is 1. The second-order valence-electron chi connectivity index (χ2n) is 2.35. The van der Waals surface area contributed by atoms with Crippen LogP contribution >= 0.6 is 11.6 Å². The van der Waals surface area contributed by atoms with Crippen molar-refractivity contribution in [1.29, 1.82) is 0 Å². The highest BCUT2D eigenvalue weighted by Gasteiger charge is 2.33. The Morgan fingerprint density at radius 2 is 2.23 bits per heavy atom. The van der Waals surface area contributed by atoms with Crippen LogP contribution in [0.15, 0.2) is 23.3 Å². The van der Waals surface area contributed by atoms with Gasteiger partial charge in [-0.3, -0.25) is 4.55 Å². The summed E-state index contributed by atoms with van der Waals surface area (Å²) in [6, 6.07) is 0. The van der Waals surface area contributed by atoms with E-state index in [0.29, 0.717) is 0 Å². The third-order valence-electron chi connectivity index (χ3n) is 1.44. The minimum absolute atomic E-state index is 0.213. The molecule has 1 rings (SSSR count). The van der Waals surface area contributed by atoms with Gasteiger partial charge in [-0.1, -0.05) is 17.7 Å². The van der Waals surface area contributed by atoms with Crippen LogP contribution in [0.2, 0.25) is 0 Å². The lowest BCUT2D eigenvalue weighted by Gasteiger charge is -2.05. The van der Waals surface area contributed by atoms with E-state index in [1.165, 1.54) is 6.08 Å². The first-order valence-corrected chi connectivity index (χ1v) is 5.07. The highest BCUT2D eigenvalue weighted by Crippen LogP contribution is 2.15. The first-order valence-electron chi connectivity index (χ1n) is 3.19. The molecule has 0 spiro atoms. The summed E-state index contributed by atoms with van der Waals surface area (Å²) < 4.78 is 30.1. The molecule has 0 aromatic carbocycles. The van der Waals surface area contributed by atoms with Gasteiger partial charge < -0.3 is 5.53 Å². The van der Waals surface area contributed by atoms with Gasteiger partial charge in [0.1, 0.15) is 0 Å². The van der Waals surface area contributed by atoms with Crippen LogP contribution in [0.25, 0.3) is 5.53 Å². The number of halogens is 1. The lowest BCUT2D eigenvalue weighted by atomic mass is 10.1. The molecule has 0 saturated heterocycles. The maximum atomic E-state index is 10.7. The Balaban J connectivity index is 3.20. The molecular formula is C6H5ClN2O3S. The van der Waals surface area contributed by atoms with E-state index in [9.17, 15) is 8.42 Å². The molecule has 7 heteroatoms. The fraction of sp³-hybridized carbons (Fsp3) is 0.167. The maximum absolute atomic E-state index is 10.7. The minimum Gasteiger partial charge on any atom is -0.361 e. The van der Waals surface area contributed by atoms with Crippen molar-refractivity contribution in [2.45, 2.75) is 5.25 Å². The van der Waals surface area contributed by atoms with Crippen LogP contribution in [0.4, 0.5) is 0 Å². The molecule has 1 aliphatic rings. The molecule has 0 fully saturated rings. The van der Waals surface area contributed by atoms with E-state index in [1.807, 2.05) is 0 Å². The van der Waals surface area contributed by atoms with Gasteiger partial charge in [0, 0.05) is 11.1 Å². The van der Waals surface area contributed by atoms with Crippen LogP contribution in [0.1, 0.15) is 0 Å². The molecule has 0 radical (unpaired) electrons. The summed E-state index contributed by atoms with van der Waals surface area (Å²) in [5.74, 6) is 0. The zero-order valence-electron chi connectivity index (χ0n) is 6.25. The zero-order chi connectivity index (χ0) is 10.1. The second kappa shape index (κ2) is 3.43. The summed E-state index contributed by atoms with van der Waals surface area (Å²) in [7, 11) is -4.29. The molecule has 1 atom stereocenters.